The molecule has 1 fully saturated rings. The van der Waals surface area contributed by atoms with Crippen molar-refractivity contribution in [3.8, 4) is 5.75 Å². The third-order valence-corrected chi connectivity index (χ3v) is 5.29. The van der Waals surface area contributed by atoms with Gasteiger partial charge in [-0.3, -0.25) is 9.97 Å². The Balaban J connectivity index is 1.77. The Morgan fingerprint density at radius 2 is 1.96 bits per heavy atom. The molecule has 0 saturated carbocycles. The van der Waals surface area contributed by atoms with Gasteiger partial charge in [0.15, 0.2) is 0 Å². The van der Waals surface area contributed by atoms with E-state index in [1.807, 2.05) is 18.2 Å². The quantitative estimate of drug-likeness (QED) is 0.830. The van der Waals surface area contributed by atoms with Crippen molar-refractivity contribution in [2.45, 2.75) is 5.92 Å². The lowest BCUT2D eigenvalue weighted by Crippen LogP contribution is -2.28. The zero-order valence-corrected chi connectivity index (χ0v) is 13.7. The Morgan fingerprint density at radius 1 is 1.17 bits per heavy atom. The van der Waals surface area contributed by atoms with Crippen LogP contribution in [0.15, 0.2) is 48.9 Å². The van der Waals surface area contributed by atoms with Crippen LogP contribution >= 0.6 is 0 Å². The van der Waals surface area contributed by atoms with Crippen molar-refractivity contribution in [2.75, 3.05) is 26.0 Å². The molecule has 0 radical (unpaired) electrons. The van der Waals surface area contributed by atoms with Crippen molar-refractivity contribution in [1.82, 2.24) is 14.3 Å². The van der Waals surface area contributed by atoms with Crippen LogP contribution in [0, 0.1) is 5.92 Å². The number of sulfonamides is 1. The number of pyridine rings is 2. The van der Waals surface area contributed by atoms with E-state index in [1.165, 1.54) is 10.6 Å². The molecule has 122 valence electrons. The number of nitrogens with zero attached hydrogens (tertiary/aromatic N) is 3. The van der Waals surface area contributed by atoms with Gasteiger partial charge in [0.2, 0.25) is 10.0 Å². The Bertz CT molecular complexity index is 738. The van der Waals surface area contributed by atoms with E-state index in [-0.39, 0.29) is 11.8 Å². The molecule has 3 heterocycles. The number of rotatable bonds is 5. The third kappa shape index (κ3) is 3.86. The van der Waals surface area contributed by atoms with Gasteiger partial charge in [0, 0.05) is 49.2 Å². The monoisotopic (exact) mass is 333 g/mol. The second-order valence-corrected chi connectivity index (χ2v) is 7.68. The van der Waals surface area contributed by atoms with Crippen LogP contribution in [-0.4, -0.2) is 48.6 Å². The fraction of sp³-hybridized carbons (Fsp3) is 0.375. The van der Waals surface area contributed by atoms with E-state index in [2.05, 4.69) is 9.97 Å². The first-order chi connectivity index (χ1) is 11.0. The maximum Gasteiger partial charge on any atom is 0.211 e. The summed E-state index contributed by atoms with van der Waals surface area (Å²) in [6.07, 6.45) is 6.32. The summed E-state index contributed by atoms with van der Waals surface area (Å²) in [4.78, 5) is 8.35. The van der Waals surface area contributed by atoms with Crippen molar-refractivity contribution < 1.29 is 13.2 Å². The molecule has 2 atom stereocenters. The molecule has 0 spiro atoms. The predicted molar refractivity (Wildman–Crippen MR) is 86.6 cm³/mol. The molecule has 0 bridgehead atoms. The largest absolute Gasteiger partial charge is 0.493 e. The zero-order valence-electron chi connectivity index (χ0n) is 12.9. The van der Waals surface area contributed by atoms with Crippen molar-refractivity contribution in [2.24, 2.45) is 5.92 Å². The first-order valence-corrected chi connectivity index (χ1v) is 9.28. The van der Waals surface area contributed by atoms with Gasteiger partial charge in [-0.1, -0.05) is 6.07 Å². The average Bonchev–Trinajstić information content (AvgIpc) is 2.99. The normalized spacial score (nSPS) is 22.1. The molecule has 0 aliphatic carbocycles. The minimum atomic E-state index is -3.22. The lowest BCUT2D eigenvalue weighted by Gasteiger charge is -2.18. The second kappa shape index (κ2) is 6.64. The van der Waals surface area contributed by atoms with Crippen molar-refractivity contribution in [3.05, 3.63) is 54.6 Å². The van der Waals surface area contributed by atoms with E-state index < -0.39 is 10.0 Å². The highest BCUT2D eigenvalue weighted by Crippen LogP contribution is 2.33. The Kier molecular flexibility index (Phi) is 4.58. The number of aromatic nitrogens is 2. The summed E-state index contributed by atoms with van der Waals surface area (Å²) in [6.45, 7) is 1.34. The van der Waals surface area contributed by atoms with Gasteiger partial charge in [-0.15, -0.1) is 0 Å². The molecule has 2 aromatic heterocycles. The van der Waals surface area contributed by atoms with Crippen molar-refractivity contribution in [3.63, 3.8) is 0 Å². The second-order valence-electron chi connectivity index (χ2n) is 5.70. The van der Waals surface area contributed by atoms with E-state index >= 15 is 0 Å². The molecule has 0 aromatic carbocycles. The summed E-state index contributed by atoms with van der Waals surface area (Å²) in [5.41, 5.74) is 0.905. The van der Waals surface area contributed by atoms with Crippen LogP contribution in [0.3, 0.4) is 0 Å². The van der Waals surface area contributed by atoms with Gasteiger partial charge in [-0.05, 0) is 24.3 Å². The molecule has 1 aliphatic heterocycles. The maximum atomic E-state index is 11.9. The Labute approximate surface area is 136 Å². The molecule has 0 N–H and O–H groups in total. The highest BCUT2D eigenvalue weighted by molar-refractivity contribution is 7.88. The number of ether oxygens (including phenoxy) is 1. The van der Waals surface area contributed by atoms with Gasteiger partial charge in [0.05, 0.1) is 12.9 Å². The Morgan fingerprint density at radius 3 is 2.61 bits per heavy atom. The SMILES string of the molecule is CS(=O)(=O)N1C[C@@H](COc2ccncc2)[C@H](c2ccccn2)C1. The van der Waals surface area contributed by atoms with Crippen LogP contribution in [-0.2, 0) is 10.0 Å². The highest BCUT2D eigenvalue weighted by atomic mass is 32.2. The zero-order chi connectivity index (χ0) is 16.3. The number of hydrogen-bond donors (Lipinski definition) is 0. The van der Waals surface area contributed by atoms with Gasteiger partial charge in [-0.2, -0.15) is 0 Å². The lowest BCUT2D eigenvalue weighted by atomic mass is 9.93. The standard InChI is InChI=1S/C16H19N3O3S/c1-23(20,21)19-10-13(12-22-14-5-8-17-9-6-14)15(11-19)16-4-2-3-7-18-16/h2-9,13,15H,10-12H2,1H3/t13-,15+/m0/s1. The topological polar surface area (TPSA) is 72.4 Å². The Hall–Kier alpha value is -1.99. The van der Waals surface area contributed by atoms with E-state index in [9.17, 15) is 8.42 Å². The minimum Gasteiger partial charge on any atom is -0.493 e. The van der Waals surface area contributed by atoms with Crippen molar-refractivity contribution >= 4 is 10.0 Å². The molecule has 3 rings (SSSR count). The van der Waals surface area contributed by atoms with Crippen LogP contribution in [0.1, 0.15) is 11.6 Å². The van der Waals surface area contributed by atoms with E-state index in [0.29, 0.717) is 19.7 Å². The van der Waals surface area contributed by atoms with Crippen LogP contribution in [0.2, 0.25) is 0 Å². The maximum absolute atomic E-state index is 11.9. The summed E-state index contributed by atoms with van der Waals surface area (Å²) in [7, 11) is -3.22. The fourth-order valence-corrected chi connectivity index (χ4v) is 3.73. The molecule has 0 unspecified atom stereocenters. The number of hydrogen-bond acceptors (Lipinski definition) is 5. The van der Waals surface area contributed by atoms with Crippen LogP contribution in [0.25, 0.3) is 0 Å². The van der Waals surface area contributed by atoms with Gasteiger partial charge >= 0.3 is 0 Å². The summed E-state index contributed by atoms with van der Waals surface area (Å²) in [6, 6.07) is 9.30. The van der Waals surface area contributed by atoms with Crippen LogP contribution in [0.4, 0.5) is 0 Å². The summed E-state index contributed by atoms with van der Waals surface area (Å²) >= 11 is 0. The minimum absolute atomic E-state index is 0.0350. The fourth-order valence-electron chi connectivity index (χ4n) is 2.84. The molecule has 0 amide bonds. The van der Waals surface area contributed by atoms with Crippen LogP contribution in [0.5, 0.6) is 5.75 Å². The van der Waals surface area contributed by atoms with Gasteiger partial charge in [0.1, 0.15) is 5.75 Å². The molecule has 7 heteroatoms. The van der Waals surface area contributed by atoms with E-state index in [4.69, 9.17) is 4.74 Å². The van der Waals surface area contributed by atoms with E-state index in [0.717, 1.165) is 11.4 Å². The molecule has 23 heavy (non-hydrogen) atoms. The first kappa shape index (κ1) is 15.9. The predicted octanol–water partition coefficient (Wildman–Crippen LogP) is 1.53. The summed E-state index contributed by atoms with van der Waals surface area (Å²) in [5, 5.41) is 0. The van der Waals surface area contributed by atoms with Gasteiger partial charge in [-0.25, -0.2) is 12.7 Å². The summed E-state index contributed by atoms with van der Waals surface area (Å²) in [5.74, 6) is 0.832. The smallest absolute Gasteiger partial charge is 0.211 e. The molecule has 6 nitrogen and oxygen atoms in total. The lowest BCUT2D eigenvalue weighted by molar-refractivity contribution is 0.243. The van der Waals surface area contributed by atoms with Gasteiger partial charge in [0.25, 0.3) is 0 Å². The average molecular weight is 333 g/mol. The van der Waals surface area contributed by atoms with E-state index in [1.54, 1.807) is 30.7 Å². The molecule has 1 saturated heterocycles. The first-order valence-electron chi connectivity index (χ1n) is 7.43. The molecular formula is C16H19N3O3S. The molecule has 2 aromatic rings. The highest BCUT2D eigenvalue weighted by Gasteiger charge is 2.38. The summed E-state index contributed by atoms with van der Waals surface area (Å²) < 4.78 is 31.1. The van der Waals surface area contributed by atoms with Gasteiger partial charge < -0.3 is 4.74 Å². The van der Waals surface area contributed by atoms with Crippen molar-refractivity contribution in [1.29, 1.82) is 0 Å². The van der Waals surface area contributed by atoms with Crippen LogP contribution < -0.4 is 4.74 Å². The molecule has 1 aliphatic rings. The third-order valence-electron chi connectivity index (χ3n) is 4.06. The molecular weight excluding hydrogens is 314 g/mol.